The Bertz CT molecular complexity index is 774. The van der Waals surface area contributed by atoms with Crippen LogP contribution in [-0.2, 0) is 4.79 Å². The third kappa shape index (κ3) is 2.04. The van der Waals surface area contributed by atoms with Gasteiger partial charge in [0.25, 0.3) is 0 Å². The summed E-state index contributed by atoms with van der Waals surface area (Å²) >= 11 is 0. The van der Waals surface area contributed by atoms with Crippen LogP contribution in [0.3, 0.4) is 0 Å². The number of allylic oxidation sites excluding steroid dienone is 4. The second-order valence-electron chi connectivity index (χ2n) is 9.23. The van der Waals surface area contributed by atoms with Gasteiger partial charge in [-0.05, 0) is 55.3 Å². The summed E-state index contributed by atoms with van der Waals surface area (Å²) in [4.78, 5) is 16.2. The molecule has 0 amide bonds. The summed E-state index contributed by atoms with van der Waals surface area (Å²) in [6.45, 7) is 4.95. The summed E-state index contributed by atoms with van der Waals surface area (Å²) in [5.41, 5.74) is 3.48. The van der Waals surface area contributed by atoms with Gasteiger partial charge in [0, 0.05) is 36.3 Å². The van der Waals surface area contributed by atoms with E-state index in [0.717, 1.165) is 37.0 Å². The largest absolute Gasteiger partial charge is 0.310 e. The van der Waals surface area contributed by atoms with Crippen molar-refractivity contribution >= 4 is 11.5 Å². The van der Waals surface area contributed by atoms with Gasteiger partial charge in [0.1, 0.15) is 5.78 Å². The highest BCUT2D eigenvalue weighted by Crippen LogP contribution is 2.65. The fourth-order valence-corrected chi connectivity index (χ4v) is 6.82. The van der Waals surface area contributed by atoms with Gasteiger partial charge in [-0.15, -0.1) is 0 Å². The van der Waals surface area contributed by atoms with E-state index in [-0.39, 0.29) is 10.8 Å². The van der Waals surface area contributed by atoms with E-state index in [9.17, 15) is 4.79 Å². The zero-order chi connectivity index (χ0) is 17.2. The van der Waals surface area contributed by atoms with Crippen LogP contribution in [0, 0.1) is 28.6 Å². The molecule has 5 unspecified atom stereocenters. The predicted octanol–water partition coefficient (Wildman–Crippen LogP) is 4.87. The Labute approximate surface area is 150 Å². The summed E-state index contributed by atoms with van der Waals surface area (Å²) < 4.78 is 2.24. The minimum Gasteiger partial charge on any atom is -0.310 e. The fourth-order valence-electron chi connectivity index (χ4n) is 6.82. The first kappa shape index (κ1) is 15.6. The van der Waals surface area contributed by atoms with E-state index in [4.69, 9.17) is 0 Å². The van der Waals surface area contributed by atoms with Crippen LogP contribution in [0.1, 0.15) is 58.8 Å². The summed E-state index contributed by atoms with van der Waals surface area (Å²) in [6, 6.07) is 0. The van der Waals surface area contributed by atoms with Crippen LogP contribution in [0.5, 0.6) is 0 Å². The van der Waals surface area contributed by atoms with Crippen molar-refractivity contribution in [1.29, 1.82) is 0 Å². The van der Waals surface area contributed by atoms with Gasteiger partial charge >= 0.3 is 0 Å². The standard InChI is InChI=1S/C22H28N2O/c1-21-9-7-16(25)13-15(21)3-4-17-18-5-6-20(24-12-11-23-14-24)22(18,2)10-8-19(17)21/h3,6,11-12,14,17-19H,4-5,7-10,13H2,1-2H3. The zero-order valence-electron chi connectivity index (χ0n) is 15.4. The monoisotopic (exact) mass is 336 g/mol. The molecular weight excluding hydrogens is 308 g/mol. The smallest absolute Gasteiger partial charge is 0.136 e. The molecule has 5 atom stereocenters. The number of rotatable bonds is 1. The molecule has 2 saturated carbocycles. The van der Waals surface area contributed by atoms with E-state index < -0.39 is 0 Å². The Balaban J connectivity index is 1.49. The molecule has 2 fully saturated rings. The molecular formula is C22H28N2O. The number of carbonyl (C=O) groups excluding carboxylic acids is 1. The molecule has 0 spiro atoms. The van der Waals surface area contributed by atoms with Crippen LogP contribution in [0.25, 0.3) is 5.70 Å². The molecule has 0 aliphatic heterocycles. The number of hydrogen-bond acceptors (Lipinski definition) is 2. The summed E-state index contributed by atoms with van der Waals surface area (Å²) in [5.74, 6) is 2.70. The van der Waals surface area contributed by atoms with Crippen molar-refractivity contribution in [1.82, 2.24) is 9.55 Å². The molecule has 3 heteroatoms. The highest BCUT2D eigenvalue weighted by atomic mass is 16.1. The topological polar surface area (TPSA) is 34.9 Å². The molecule has 4 aliphatic carbocycles. The minimum absolute atomic E-state index is 0.272. The number of imidazole rings is 1. The number of aromatic nitrogens is 2. The quantitative estimate of drug-likeness (QED) is 0.686. The van der Waals surface area contributed by atoms with E-state index in [1.165, 1.54) is 37.0 Å². The number of Topliss-reactive ketones (excluding diaryl/α,β-unsaturated/α-hetero) is 1. The van der Waals surface area contributed by atoms with Crippen LogP contribution in [0.2, 0.25) is 0 Å². The van der Waals surface area contributed by atoms with Crippen LogP contribution in [-0.4, -0.2) is 15.3 Å². The van der Waals surface area contributed by atoms with E-state index in [2.05, 4.69) is 41.7 Å². The zero-order valence-corrected chi connectivity index (χ0v) is 15.4. The summed E-state index contributed by atoms with van der Waals surface area (Å²) in [7, 11) is 0. The maximum absolute atomic E-state index is 12.0. The Morgan fingerprint density at radius 2 is 2.00 bits per heavy atom. The van der Waals surface area contributed by atoms with Gasteiger partial charge < -0.3 is 4.57 Å². The average Bonchev–Trinajstić information content (AvgIpc) is 3.22. The van der Waals surface area contributed by atoms with Crippen molar-refractivity contribution in [3.8, 4) is 0 Å². The molecule has 1 aromatic rings. The van der Waals surface area contributed by atoms with Gasteiger partial charge in [-0.3, -0.25) is 4.79 Å². The highest BCUT2D eigenvalue weighted by molar-refractivity contribution is 5.82. The lowest BCUT2D eigenvalue weighted by atomic mass is 9.48. The molecule has 3 nitrogen and oxygen atoms in total. The summed E-state index contributed by atoms with van der Waals surface area (Å²) in [5, 5.41) is 0. The number of carbonyl (C=O) groups is 1. The third-order valence-corrected chi connectivity index (χ3v) is 8.26. The second kappa shape index (κ2) is 5.18. The molecule has 0 bridgehead atoms. The van der Waals surface area contributed by atoms with Crippen molar-refractivity contribution in [2.75, 3.05) is 0 Å². The lowest BCUT2D eigenvalue weighted by Gasteiger charge is -2.57. The van der Waals surface area contributed by atoms with E-state index in [1.807, 2.05) is 12.5 Å². The van der Waals surface area contributed by atoms with Gasteiger partial charge in [-0.2, -0.15) is 0 Å². The van der Waals surface area contributed by atoms with Gasteiger partial charge in [0.2, 0.25) is 0 Å². The average molecular weight is 336 g/mol. The van der Waals surface area contributed by atoms with Gasteiger partial charge in [-0.1, -0.05) is 31.6 Å². The molecule has 25 heavy (non-hydrogen) atoms. The first-order valence-electron chi connectivity index (χ1n) is 9.92. The van der Waals surface area contributed by atoms with Crippen LogP contribution in [0.4, 0.5) is 0 Å². The second-order valence-corrected chi connectivity index (χ2v) is 9.23. The molecule has 1 heterocycles. The molecule has 1 aromatic heterocycles. The lowest BCUT2D eigenvalue weighted by molar-refractivity contribution is -0.122. The lowest BCUT2D eigenvalue weighted by Crippen LogP contribution is -2.49. The first-order valence-corrected chi connectivity index (χ1v) is 9.92. The maximum atomic E-state index is 12.0. The van der Waals surface area contributed by atoms with Gasteiger partial charge in [0.05, 0.1) is 6.33 Å². The Morgan fingerprint density at radius 1 is 1.12 bits per heavy atom. The van der Waals surface area contributed by atoms with Crippen molar-refractivity contribution in [3.63, 3.8) is 0 Å². The van der Waals surface area contributed by atoms with E-state index >= 15 is 0 Å². The van der Waals surface area contributed by atoms with Gasteiger partial charge in [-0.25, -0.2) is 4.98 Å². The SMILES string of the molecule is CC12CCC(=O)CC1=CCC1C2CCC2(C)C(n3ccnc3)=CCC12. The molecule has 0 N–H and O–H groups in total. The van der Waals surface area contributed by atoms with Crippen molar-refractivity contribution < 1.29 is 4.79 Å². The minimum atomic E-state index is 0.272. The molecule has 132 valence electrons. The molecule has 0 saturated heterocycles. The first-order chi connectivity index (χ1) is 12.0. The van der Waals surface area contributed by atoms with Crippen molar-refractivity contribution in [3.05, 3.63) is 36.4 Å². The molecule has 5 rings (SSSR count). The highest BCUT2D eigenvalue weighted by Gasteiger charge is 2.56. The van der Waals surface area contributed by atoms with Crippen LogP contribution in [0.15, 0.2) is 36.4 Å². The van der Waals surface area contributed by atoms with Crippen LogP contribution >= 0.6 is 0 Å². The Kier molecular flexibility index (Phi) is 3.24. The number of fused-ring (bicyclic) bond motifs is 5. The maximum Gasteiger partial charge on any atom is 0.136 e. The number of ketones is 1. The predicted molar refractivity (Wildman–Crippen MR) is 98.6 cm³/mol. The molecule has 4 aliphatic rings. The van der Waals surface area contributed by atoms with Gasteiger partial charge in [0.15, 0.2) is 0 Å². The molecule has 0 radical (unpaired) electrons. The number of nitrogens with zero attached hydrogens (tertiary/aromatic N) is 2. The number of hydrogen-bond donors (Lipinski definition) is 0. The van der Waals surface area contributed by atoms with E-state index in [1.54, 1.807) is 0 Å². The van der Waals surface area contributed by atoms with Crippen LogP contribution < -0.4 is 0 Å². The summed E-state index contributed by atoms with van der Waals surface area (Å²) in [6.07, 6.45) is 18.4. The third-order valence-electron chi connectivity index (χ3n) is 8.26. The Hall–Kier alpha value is -1.64. The van der Waals surface area contributed by atoms with E-state index in [0.29, 0.717) is 5.78 Å². The normalized spacial score (nSPS) is 43.0. The molecule has 0 aromatic carbocycles. The van der Waals surface area contributed by atoms with Crippen molar-refractivity contribution in [2.24, 2.45) is 28.6 Å². The fraction of sp³-hybridized carbons (Fsp3) is 0.636. The Morgan fingerprint density at radius 3 is 2.80 bits per heavy atom. The van der Waals surface area contributed by atoms with Crippen molar-refractivity contribution in [2.45, 2.75) is 58.8 Å².